The minimum absolute atomic E-state index is 0.0810. The second kappa shape index (κ2) is 10.0. The molecule has 1 fully saturated rings. The van der Waals surface area contributed by atoms with Crippen LogP contribution in [-0.4, -0.2) is 52.1 Å². The number of amides is 1. The molecule has 1 aromatic carbocycles. The number of halogens is 3. The van der Waals surface area contributed by atoms with Crippen LogP contribution in [0.25, 0.3) is 17.5 Å². The van der Waals surface area contributed by atoms with Crippen LogP contribution in [-0.2, 0) is 6.42 Å². The zero-order chi connectivity index (χ0) is 25.1. The molecule has 9 heteroatoms. The van der Waals surface area contributed by atoms with Gasteiger partial charge in [-0.15, -0.1) is 0 Å². The summed E-state index contributed by atoms with van der Waals surface area (Å²) in [7, 11) is 0. The molecule has 1 saturated heterocycles. The van der Waals surface area contributed by atoms with Crippen LogP contribution < -0.4 is 5.32 Å². The highest BCUT2D eigenvalue weighted by atomic mass is 19.4. The van der Waals surface area contributed by atoms with Crippen molar-refractivity contribution in [3.63, 3.8) is 0 Å². The normalized spacial score (nSPS) is 19.4. The fourth-order valence-electron chi connectivity index (χ4n) is 4.73. The van der Waals surface area contributed by atoms with Gasteiger partial charge in [0.15, 0.2) is 0 Å². The average molecular weight is 494 g/mol. The van der Waals surface area contributed by atoms with Crippen molar-refractivity contribution in [2.45, 2.75) is 37.9 Å². The second-order valence-electron chi connectivity index (χ2n) is 8.87. The van der Waals surface area contributed by atoms with Crippen molar-refractivity contribution in [3.8, 4) is 11.3 Å². The van der Waals surface area contributed by atoms with E-state index in [0.717, 1.165) is 36.4 Å². The van der Waals surface area contributed by atoms with E-state index in [1.807, 2.05) is 59.7 Å². The maximum atomic E-state index is 14.0. The number of carbonyl (C=O) groups excluding carboxylic acids is 1. The number of hydrogen-bond donors (Lipinski definition) is 1. The van der Waals surface area contributed by atoms with Gasteiger partial charge in [0.05, 0.1) is 16.8 Å². The minimum atomic E-state index is -4.42. The van der Waals surface area contributed by atoms with E-state index >= 15 is 0 Å². The Morgan fingerprint density at radius 3 is 2.78 bits per heavy atom. The van der Waals surface area contributed by atoms with Gasteiger partial charge >= 0.3 is 6.18 Å². The van der Waals surface area contributed by atoms with Gasteiger partial charge in [0.1, 0.15) is 11.5 Å². The van der Waals surface area contributed by atoms with E-state index in [1.165, 1.54) is 0 Å². The molecule has 0 unspecified atom stereocenters. The molecule has 0 bridgehead atoms. The average Bonchev–Trinajstić information content (AvgIpc) is 3.30. The summed E-state index contributed by atoms with van der Waals surface area (Å²) in [5.74, 6) is 0.298. The van der Waals surface area contributed by atoms with Crippen molar-refractivity contribution >= 4 is 18.3 Å². The van der Waals surface area contributed by atoms with E-state index < -0.39 is 11.7 Å². The lowest BCUT2D eigenvalue weighted by molar-refractivity contribution is -0.0857. The van der Waals surface area contributed by atoms with E-state index in [0.29, 0.717) is 36.6 Å². The number of nitrogens with one attached hydrogen (secondary N) is 1. The molecule has 5 rings (SSSR count). The van der Waals surface area contributed by atoms with Gasteiger partial charge in [0.2, 0.25) is 0 Å². The standard InChI is InChI=1S/C27H26F3N5O/c28-27(29,30)20-11-7-14-23(31-17-20)32-18-21-12-8-15-34(21)26(36)24-22-13-5-2-6-16-35(22)33-25(24)19-9-3-1-4-10-19/h1-6,9-11,14,16-17,21,32H,7-8,12-13,15,18H2/t21-/m0/s1. The van der Waals surface area contributed by atoms with Crippen LogP contribution in [0.3, 0.4) is 0 Å². The third kappa shape index (κ3) is 4.91. The summed E-state index contributed by atoms with van der Waals surface area (Å²) in [5, 5.41) is 7.91. The highest BCUT2D eigenvalue weighted by Crippen LogP contribution is 2.31. The molecule has 36 heavy (non-hydrogen) atoms. The highest BCUT2D eigenvalue weighted by molar-refractivity contribution is 6.02. The number of hydrogen-bond acceptors (Lipinski definition) is 4. The third-order valence-electron chi connectivity index (χ3n) is 6.53. The van der Waals surface area contributed by atoms with E-state index in [4.69, 9.17) is 5.10 Å². The Balaban J connectivity index is 1.37. The van der Waals surface area contributed by atoms with Gasteiger partial charge in [0, 0.05) is 43.5 Å². The molecular formula is C27H26F3N5O. The van der Waals surface area contributed by atoms with Crippen molar-refractivity contribution in [1.29, 1.82) is 0 Å². The molecule has 0 aliphatic carbocycles. The minimum Gasteiger partial charge on any atom is -0.368 e. The molecular weight excluding hydrogens is 467 g/mol. The first-order chi connectivity index (χ1) is 17.4. The summed E-state index contributed by atoms with van der Waals surface area (Å²) in [6, 6.07) is 9.55. The quantitative estimate of drug-likeness (QED) is 0.628. The second-order valence-corrected chi connectivity index (χ2v) is 8.87. The number of rotatable bonds is 5. The predicted molar refractivity (Wildman–Crippen MR) is 133 cm³/mol. The van der Waals surface area contributed by atoms with Crippen LogP contribution in [0, 0.1) is 0 Å². The van der Waals surface area contributed by atoms with Crippen molar-refractivity contribution in [2.24, 2.45) is 4.99 Å². The third-order valence-corrected chi connectivity index (χ3v) is 6.53. The molecule has 2 aromatic rings. The Morgan fingerprint density at radius 2 is 1.97 bits per heavy atom. The van der Waals surface area contributed by atoms with Crippen molar-refractivity contribution < 1.29 is 18.0 Å². The van der Waals surface area contributed by atoms with E-state index in [1.54, 1.807) is 10.8 Å². The number of allylic oxidation sites excluding steroid dienone is 6. The maximum absolute atomic E-state index is 14.0. The highest BCUT2D eigenvalue weighted by Gasteiger charge is 2.35. The molecule has 0 spiro atoms. The number of aromatic nitrogens is 2. The Morgan fingerprint density at radius 1 is 1.14 bits per heavy atom. The van der Waals surface area contributed by atoms with E-state index in [2.05, 4.69) is 10.3 Å². The topological polar surface area (TPSA) is 62.5 Å². The van der Waals surface area contributed by atoms with Crippen molar-refractivity contribution in [1.82, 2.24) is 20.0 Å². The van der Waals surface area contributed by atoms with E-state index in [9.17, 15) is 18.0 Å². The van der Waals surface area contributed by atoms with Crippen LogP contribution >= 0.6 is 0 Å². The lowest BCUT2D eigenvalue weighted by atomic mass is 10.0. The molecule has 6 nitrogen and oxygen atoms in total. The fraction of sp³-hybridized carbons (Fsp3) is 0.296. The Bertz CT molecular complexity index is 1280. The summed E-state index contributed by atoms with van der Waals surface area (Å²) in [6.07, 6.45) is 9.22. The van der Waals surface area contributed by atoms with Gasteiger partial charge < -0.3 is 10.2 Å². The Hall–Kier alpha value is -3.88. The van der Waals surface area contributed by atoms with Crippen LogP contribution in [0.5, 0.6) is 0 Å². The first kappa shape index (κ1) is 23.8. The summed E-state index contributed by atoms with van der Waals surface area (Å²) in [6.45, 7) is 1.01. The van der Waals surface area contributed by atoms with Gasteiger partial charge in [-0.3, -0.25) is 4.79 Å². The molecule has 0 radical (unpaired) electrons. The largest absolute Gasteiger partial charge is 0.417 e. The molecule has 186 valence electrons. The molecule has 1 amide bonds. The summed E-state index contributed by atoms with van der Waals surface area (Å²) < 4.78 is 40.8. The van der Waals surface area contributed by atoms with Crippen molar-refractivity contribution in [2.75, 3.05) is 13.1 Å². The lowest BCUT2D eigenvalue weighted by Gasteiger charge is -2.26. The van der Waals surface area contributed by atoms with Gasteiger partial charge in [-0.2, -0.15) is 18.3 Å². The summed E-state index contributed by atoms with van der Waals surface area (Å²) >= 11 is 0. The number of aliphatic imine (C=N–C) groups is 1. The molecule has 4 heterocycles. The predicted octanol–water partition coefficient (Wildman–Crippen LogP) is 5.13. The number of alkyl halides is 3. The van der Waals surface area contributed by atoms with Gasteiger partial charge in [-0.05, 0) is 31.4 Å². The van der Waals surface area contributed by atoms with Crippen LogP contribution in [0.15, 0.2) is 77.1 Å². The first-order valence-electron chi connectivity index (χ1n) is 12.0. The molecule has 0 saturated carbocycles. The van der Waals surface area contributed by atoms with Crippen LogP contribution in [0.4, 0.5) is 13.2 Å². The van der Waals surface area contributed by atoms with Gasteiger partial charge in [-0.25, -0.2) is 9.67 Å². The molecule has 1 atom stereocenters. The SMILES string of the molecule is O=C(c1c(-c2ccccc2)nn2c1CC=CC=C2)N1CCC[C@H]1CNC1=CCC=C(C(F)(F)F)C=N1. The Labute approximate surface area is 207 Å². The number of benzene rings is 1. The lowest BCUT2D eigenvalue weighted by Crippen LogP contribution is -2.41. The first-order valence-corrected chi connectivity index (χ1v) is 12.0. The van der Waals surface area contributed by atoms with Crippen LogP contribution in [0.2, 0.25) is 0 Å². The number of nitrogens with zero attached hydrogens (tertiary/aromatic N) is 4. The van der Waals surface area contributed by atoms with Crippen LogP contribution in [0.1, 0.15) is 35.3 Å². The maximum Gasteiger partial charge on any atom is 0.417 e. The zero-order valence-electron chi connectivity index (χ0n) is 19.6. The monoisotopic (exact) mass is 493 g/mol. The smallest absolute Gasteiger partial charge is 0.368 e. The van der Waals surface area contributed by atoms with E-state index in [-0.39, 0.29) is 18.4 Å². The van der Waals surface area contributed by atoms with Gasteiger partial charge in [-0.1, -0.05) is 48.6 Å². The zero-order valence-corrected chi connectivity index (χ0v) is 19.6. The number of fused-ring (bicyclic) bond motifs is 1. The molecule has 1 N–H and O–H groups in total. The number of likely N-dealkylation sites (tertiary alicyclic amines) is 1. The fourth-order valence-corrected chi connectivity index (χ4v) is 4.73. The summed E-state index contributed by atoms with van der Waals surface area (Å²) in [5.41, 5.74) is 2.19. The number of carbonyl (C=O) groups is 1. The van der Waals surface area contributed by atoms with Crippen molar-refractivity contribution in [3.05, 3.63) is 83.4 Å². The van der Waals surface area contributed by atoms with Gasteiger partial charge in [0.25, 0.3) is 5.91 Å². The molecule has 3 aliphatic heterocycles. The summed E-state index contributed by atoms with van der Waals surface area (Å²) in [4.78, 5) is 19.8. The molecule has 1 aromatic heterocycles. The Kier molecular flexibility index (Phi) is 6.63. The molecule has 3 aliphatic rings.